The Kier molecular flexibility index (Phi) is 7.04. The van der Waals surface area contributed by atoms with Crippen molar-refractivity contribution >= 4 is 15.8 Å². The van der Waals surface area contributed by atoms with Crippen molar-refractivity contribution in [2.24, 2.45) is 0 Å². The fraction of sp³-hybridized carbons (Fsp3) is 0.120. The summed E-state index contributed by atoms with van der Waals surface area (Å²) >= 11 is 0. The standard InChI is InChI=1S/C25H21F2N3O4S/c1-34-18-9-7-17(8-10-18)14-30-15-22(28-16-30)20-11-12-21(26)24(25(20)27)23(31)13-29-35(32,33)19-5-3-2-4-6-19/h2-12,15-16,29H,13-14H2,1H3. The van der Waals surface area contributed by atoms with Crippen molar-refractivity contribution in [3.8, 4) is 17.0 Å². The lowest BCUT2D eigenvalue weighted by Gasteiger charge is -2.09. The van der Waals surface area contributed by atoms with Gasteiger partial charge >= 0.3 is 0 Å². The van der Waals surface area contributed by atoms with E-state index in [1.165, 1.54) is 36.7 Å². The Balaban J connectivity index is 1.53. The first-order valence-electron chi connectivity index (χ1n) is 10.5. The number of benzene rings is 3. The number of carbonyl (C=O) groups is 1. The third-order valence-corrected chi connectivity index (χ3v) is 6.70. The molecule has 10 heteroatoms. The van der Waals surface area contributed by atoms with Crippen LogP contribution in [0.4, 0.5) is 8.78 Å². The maximum absolute atomic E-state index is 15.2. The average molecular weight is 498 g/mol. The normalized spacial score (nSPS) is 11.4. The predicted octanol–water partition coefficient (Wildman–Crippen LogP) is 4.05. The van der Waals surface area contributed by atoms with E-state index in [0.717, 1.165) is 17.4 Å². The van der Waals surface area contributed by atoms with Crippen molar-refractivity contribution in [3.05, 3.63) is 102 Å². The predicted molar refractivity (Wildman–Crippen MR) is 126 cm³/mol. The van der Waals surface area contributed by atoms with Gasteiger partial charge in [-0.3, -0.25) is 4.79 Å². The number of aromatic nitrogens is 2. The van der Waals surface area contributed by atoms with E-state index in [-0.39, 0.29) is 16.2 Å². The first kappa shape index (κ1) is 24.2. The largest absolute Gasteiger partial charge is 0.497 e. The number of ketones is 1. The number of hydrogen-bond donors (Lipinski definition) is 1. The molecule has 0 aliphatic rings. The molecule has 0 saturated carbocycles. The summed E-state index contributed by atoms with van der Waals surface area (Å²) in [7, 11) is -2.45. The molecule has 0 fully saturated rings. The average Bonchev–Trinajstić information content (AvgIpc) is 3.32. The van der Waals surface area contributed by atoms with Crippen LogP contribution in [0, 0.1) is 11.6 Å². The Morgan fingerprint density at radius 1 is 1.03 bits per heavy atom. The minimum atomic E-state index is -4.02. The summed E-state index contributed by atoms with van der Waals surface area (Å²) < 4.78 is 63.3. The first-order valence-corrected chi connectivity index (χ1v) is 12.0. The van der Waals surface area contributed by atoms with Gasteiger partial charge in [0.2, 0.25) is 10.0 Å². The first-order chi connectivity index (χ1) is 16.8. The van der Waals surface area contributed by atoms with Crippen LogP contribution in [0.3, 0.4) is 0 Å². The van der Waals surface area contributed by atoms with E-state index in [1.54, 1.807) is 23.9 Å². The molecule has 1 heterocycles. The maximum Gasteiger partial charge on any atom is 0.240 e. The van der Waals surface area contributed by atoms with Gasteiger partial charge in [-0.05, 0) is 42.0 Å². The summed E-state index contributed by atoms with van der Waals surface area (Å²) in [4.78, 5) is 16.7. The molecule has 0 aliphatic carbocycles. The number of halogens is 2. The van der Waals surface area contributed by atoms with E-state index in [4.69, 9.17) is 4.74 Å². The summed E-state index contributed by atoms with van der Waals surface area (Å²) in [5, 5.41) is 0. The second-order valence-electron chi connectivity index (χ2n) is 7.62. The van der Waals surface area contributed by atoms with E-state index in [1.807, 2.05) is 24.3 Å². The number of carbonyl (C=O) groups excluding carboxylic acids is 1. The molecule has 3 aromatic carbocycles. The topological polar surface area (TPSA) is 90.3 Å². The molecule has 35 heavy (non-hydrogen) atoms. The lowest BCUT2D eigenvalue weighted by Crippen LogP contribution is -2.30. The number of nitrogens with one attached hydrogen (secondary N) is 1. The van der Waals surface area contributed by atoms with Crippen LogP contribution >= 0.6 is 0 Å². The number of rotatable bonds is 9. The van der Waals surface area contributed by atoms with Crippen LogP contribution in [0.1, 0.15) is 15.9 Å². The smallest absolute Gasteiger partial charge is 0.240 e. The Morgan fingerprint density at radius 3 is 2.43 bits per heavy atom. The number of sulfonamides is 1. The molecule has 7 nitrogen and oxygen atoms in total. The second-order valence-corrected chi connectivity index (χ2v) is 9.39. The highest BCUT2D eigenvalue weighted by Gasteiger charge is 2.24. The van der Waals surface area contributed by atoms with Gasteiger partial charge in [-0.2, -0.15) is 0 Å². The zero-order valence-electron chi connectivity index (χ0n) is 18.6. The summed E-state index contributed by atoms with van der Waals surface area (Å²) in [5.41, 5.74) is 0.253. The van der Waals surface area contributed by atoms with E-state index in [0.29, 0.717) is 6.54 Å². The number of Topliss-reactive ketones (excluding diaryl/α,β-unsaturated/α-hetero) is 1. The Morgan fingerprint density at radius 2 is 1.74 bits per heavy atom. The molecular formula is C25H21F2N3O4S. The number of hydrogen-bond acceptors (Lipinski definition) is 5. The summed E-state index contributed by atoms with van der Waals surface area (Å²) in [6, 6.07) is 16.9. The van der Waals surface area contributed by atoms with Gasteiger partial charge in [-0.1, -0.05) is 30.3 Å². The van der Waals surface area contributed by atoms with Crippen molar-refractivity contribution in [2.75, 3.05) is 13.7 Å². The molecule has 1 N–H and O–H groups in total. The van der Waals surface area contributed by atoms with E-state index in [2.05, 4.69) is 9.71 Å². The van der Waals surface area contributed by atoms with Gasteiger partial charge in [0.05, 0.1) is 36.1 Å². The number of nitrogens with zero attached hydrogens (tertiary/aromatic N) is 2. The molecule has 0 spiro atoms. The Hall–Kier alpha value is -3.89. The number of ether oxygens (including phenoxy) is 1. The molecule has 0 radical (unpaired) electrons. The molecule has 0 unspecified atom stereocenters. The van der Waals surface area contributed by atoms with E-state index in [9.17, 15) is 17.6 Å². The van der Waals surface area contributed by atoms with E-state index >= 15 is 4.39 Å². The summed E-state index contributed by atoms with van der Waals surface area (Å²) in [5.74, 6) is -2.52. The van der Waals surface area contributed by atoms with Crippen molar-refractivity contribution in [1.29, 1.82) is 0 Å². The van der Waals surface area contributed by atoms with Crippen LogP contribution < -0.4 is 9.46 Å². The third kappa shape index (κ3) is 5.44. The van der Waals surface area contributed by atoms with Crippen LogP contribution in [-0.4, -0.2) is 37.4 Å². The van der Waals surface area contributed by atoms with Crippen molar-refractivity contribution in [3.63, 3.8) is 0 Å². The molecule has 0 atom stereocenters. The SMILES string of the molecule is COc1ccc(Cn2cnc(-c3ccc(F)c(C(=O)CNS(=O)(=O)c4ccccc4)c3F)c2)cc1. The Bertz CT molecular complexity index is 1450. The summed E-state index contributed by atoms with van der Waals surface area (Å²) in [6.07, 6.45) is 3.07. The number of methoxy groups -OCH3 is 1. The van der Waals surface area contributed by atoms with Gasteiger partial charge in [0.15, 0.2) is 5.78 Å². The molecular weight excluding hydrogens is 476 g/mol. The molecule has 180 valence electrons. The molecule has 0 amide bonds. The molecule has 1 aromatic heterocycles. The van der Waals surface area contributed by atoms with Crippen molar-refractivity contribution < 1.29 is 26.7 Å². The fourth-order valence-electron chi connectivity index (χ4n) is 3.47. The minimum absolute atomic E-state index is 0.0649. The molecule has 4 aromatic rings. The monoisotopic (exact) mass is 497 g/mol. The van der Waals surface area contributed by atoms with Gasteiger partial charge in [0.1, 0.15) is 17.4 Å². The molecule has 0 saturated heterocycles. The zero-order valence-corrected chi connectivity index (χ0v) is 19.4. The maximum atomic E-state index is 15.2. The quantitative estimate of drug-likeness (QED) is 0.353. The lowest BCUT2D eigenvalue weighted by atomic mass is 10.0. The Labute approximate surface area is 201 Å². The van der Waals surface area contributed by atoms with Gasteiger partial charge in [0, 0.05) is 18.3 Å². The van der Waals surface area contributed by atoms with Gasteiger partial charge in [-0.25, -0.2) is 26.9 Å². The van der Waals surface area contributed by atoms with Gasteiger partial charge in [-0.15, -0.1) is 0 Å². The lowest BCUT2D eigenvalue weighted by molar-refractivity contribution is 0.0989. The highest BCUT2D eigenvalue weighted by molar-refractivity contribution is 7.89. The van der Waals surface area contributed by atoms with Crippen LogP contribution in [0.2, 0.25) is 0 Å². The van der Waals surface area contributed by atoms with Crippen molar-refractivity contribution in [2.45, 2.75) is 11.4 Å². The highest BCUT2D eigenvalue weighted by Crippen LogP contribution is 2.26. The van der Waals surface area contributed by atoms with Gasteiger partial charge in [0.25, 0.3) is 0 Å². The minimum Gasteiger partial charge on any atom is -0.497 e. The van der Waals surface area contributed by atoms with E-state index < -0.39 is 39.5 Å². The third-order valence-electron chi connectivity index (χ3n) is 5.28. The van der Waals surface area contributed by atoms with Crippen LogP contribution in [0.25, 0.3) is 11.3 Å². The summed E-state index contributed by atoms with van der Waals surface area (Å²) in [6.45, 7) is -0.354. The zero-order chi connectivity index (χ0) is 25.0. The van der Waals surface area contributed by atoms with Crippen molar-refractivity contribution in [1.82, 2.24) is 14.3 Å². The number of imidazole rings is 1. The van der Waals surface area contributed by atoms with Crippen LogP contribution in [0.5, 0.6) is 5.75 Å². The fourth-order valence-corrected chi connectivity index (χ4v) is 4.47. The second kappa shape index (κ2) is 10.2. The van der Waals surface area contributed by atoms with Gasteiger partial charge < -0.3 is 9.30 Å². The van der Waals surface area contributed by atoms with Crippen LogP contribution in [0.15, 0.2) is 84.1 Å². The van der Waals surface area contributed by atoms with Crippen LogP contribution in [-0.2, 0) is 16.6 Å². The molecule has 0 aliphatic heterocycles. The molecule has 4 rings (SSSR count). The highest BCUT2D eigenvalue weighted by atomic mass is 32.2. The molecule has 0 bridgehead atoms.